The fraction of sp³-hybridized carbons (Fsp3) is 0.575. The summed E-state index contributed by atoms with van der Waals surface area (Å²) in [7, 11) is 0.390. The molecule has 286 valence electrons. The first kappa shape index (κ1) is 37.2. The molecule has 2 saturated heterocycles. The molecule has 3 aliphatic heterocycles. The van der Waals surface area contributed by atoms with Crippen molar-refractivity contribution in [3.05, 3.63) is 53.1 Å². The van der Waals surface area contributed by atoms with E-state index >= 15 is 0 Å². The van der Waals surface area contributed by atoms with Gasteiger partial charge in [-0.2, -0.15) is 12.7 Å². The first-order valence-electron chi connectivity index (χ1n) is 18.8. The normalized spacial score (nSPS) is 23.4. The van der Waals surface area contributed by atoms with Crippen molar-refractivity contribution in [1.29, 1.82) is 0 Å². The third kappa shape index (κ3) is 7.02. The van der Waals surface area contributed by atoms with Crippen molar-refractivity contribution >= 4 is 39.0 Å². The lowest BCUT2D eigenvalue weighted by molar-refractivity contribution is -0.141. The van der Waals surface area contributed by atoms with Crippen LogP contribution in [-0.4, -0.2) is 98.0 Å². The van der Waals surface area contributed by atoms with Crippen LogP contribution in [0.3, 0.4) is 0 Å². The van der Waals surface area contributed by atoms with Crippen LogP contribution in [0.15, 0.2) is 36.4 Å². The van der Waals surface area contributed by atoms with E-state index < -0.39 is 27.1 Å². The van der Waals surface area contributed by atoms with Crippen LogP contribution in [0.4, 0.5) is 4.79 Å². The zero-order chi connectivity index (χ0) is 38.0. The summed E-state index contributed by atoms with van der Waals surface area (Å²) in [6.45, 7) is 10.3. The van der Waals surface area contributed by atoms with E-state index in [4.69, 9.17) is 9.47 Å². The topological polar surface area (TPSA) is 130 Å². The first-order chi connectivity index (χ1) is 25.0. The molecule has 12 nitrogen and oxygen atoms in total. The van der Waals surface area contributed by atoms with Gasteiger partial charge in [-0.15, -0.1) is 0 Å². The van der Waals surface area contributed by atoms with Gasteiger partial charge >= 0.3 is 16.3 Å². The largest absolute Gasteiger partial charge is 0.497 e. The minimum atomic E-state index is -4.01. The number of amides is 3. The van der Waals surface area contributed by atoms with Crippen molar-refractivity contribution in [2.45, 2.75) is 84.3 Å². The number of likely N-dealkylation sites (tertiary alicyclic amines) is 2. The summed E-state index contributed by atoms with van der Waals surface area (Å²) in [5.41, 5.74) is 3.97. The third-order valence-corrected chi connectivity index (χ3v) is 13.1. The van der Waals surface area contributed by atoms with Gasteiger partial charge in [0.25, 0.3) is 5.91 Å². The molecule has 1 N–H and O–H groups in total. The van der Waals surface area contributed by atoms with Gasteiger partial charge in [0, 0.05) is 80.7 Å². The van der Waals surface area contributed by atoms with Crippen molar-refractivity contribution in [2.24, 2.45) is 17.3 Å². The van der Waals surface area contributed by atoms with Gasteiger partial charge in [0.2, 0.25) is 5.91 Å². The molecule has 0 radical (unpaired) electrons. The minimum Gasteiger partial charge on any atom is -0.497 e. The van der Waals surface area contributed by atoms with E-state index in [0.29, 0.717) is 45.1 Å². The van der Waals surface area contributed by atoms with Crippen LogP contribution in [0.1, 0.15) is 87.2 Å². The second-order valence-electron chi connectivity index (χ2n) is 17.0. The molecule has 0 spiro atoms. The first-order valence-corrected chi connectivity index (χ1v) is 20.3. The highest BCUT2D eigenvalue weighted by Gasteiger charge is 2.49. The summed E-state index contributed by atoms with van der Waals surface area (Å²) in [5.74, 6) is 0.724. The van der Waals surface area contributed by atoms with Crippen LogP contribution >= 0.6 is 0 Å². The Morgan fingerprint density at radius 3 is 2.21 bits per heavy atom. The highest BCUT2D eigenvalue weighted by Crippen LogP contribution is 2.49. The smallest absolute Gasteiger partial charge is 0.410 e. The number of rotatable bonds is 6. The molecule has 4 aliphatic rings. The highest BCUT2D eigenvalue weighted by molar-refractivity contribution is 7.87. The Balaban J connectivity index is 1.30. The number of methoxy groups -OCH3 is 1. The number of aromatic nitrogens is 1. The Kier molecular flexibility index (Phi) is 9.58. The zero-order valence-corrected chi connectivity index (χ0v) is 32.8. The van der Waals surface area contributed by atoms with Crippen LogP contribution in [-0.2, 0) is 32.7 Å². The zero-order valence-electron chi connectivity index (χ0n) is 32.0. The Hall–Kier alpha value is -4.10. The van der Waals surface area contributed by atoms with Crippen molar-refractivity contribution in [2.75, 3.05) is 47.4 Å². The lowest BCUT2D eigenvalue weighted by atomic mass is 9.79. The summed E-state index contributed by atoms with van der Waals surface area (Å²) in [6.07, 6.45) is 5.74. The van der Waals surface area contributed by atoms with Crippen LogP contribution in [0.2, 0.25) is 0 Å². The maximum atomic E-state index is 15.0. The van der Waals surface area contributed by atoms with E-state index in [-0.39, 0.29) is 29.4 Å². The third-order valence-electron chi connectivity index (χ3n) is 11.7. The maximum Gasteiger partial charge on any atom is 0.410 e. The van der Waals surface area contributed by atoms with Crippen molar-refractivity contribution < 1.29 is 32.3 Å². The standard InChI is InChI=1S/C40H53N5O7S/c1-39(2,3)52-38(48)44-22-28-20-43(21-29(28)23-44)37(47)40(4)19-27-17-30(51-7)14-16-31(27)35-34(25-11-9-8-10-12-25)32-15-13-26(18-33(32)45(35)24-40)36(46)41-53(49,50)42(5)6/h13-18,25,28-29H,8-12,19-24H2,1-7H3,(H,41,46). The number of ether oxygens (including phenoxy) is 2. The van der Waals surface area contributed by atoms with Gasteiger partial charge in [0.05, 0.1) is 18.2 Å². The maximum absolute atomic E-state index is 15.0. The Morgan fingerprint density at radius 2 is 1.58 bits per heavy atom. The highest BCUT2D eigenvalue weighted by atomic mass is 32.2. The van der Waals surface area contributed by atoms with Crippen molar-refractivity contribution in [3.63, 3.8) is 0 Å². The minimum absolute atomic E-state index is 0.0596. The quantitative estimate of drug-likeness (QED) is 0.338. The Bertz CT molecular complexity index is 2050. The SMILES string of the molecule is COc1ccc2c(c1)CC(C)(C(=O)N1CC3CN(C(=O)OC(C)(C)C)CC3C1)Cn1c-2c(C2CCCCC2)c2ccc(C(=O)NS(=O)(=O)N(C)C)cc21. The number of fused-ring (bicyclic) bond motifs is 6. The van der Waals surface area contributed by atoms with Gasteiger partial charge in [0.1, 0.15) is 11.4 Å². The van der Waals surface area contributed by atoms with Gasteiger partial charge in [0.15, 0.2) is 0 Å². The lowest BCUT2D eigenvalue weighted by Crippen LogP contribution is -2.46. The molecule has 53 heavy (non-hydrogen) atoms. The summed E-state index contributed by atoms with van der Waals surface area (Å²) in [6, 6.07) is 11.6. The Labute approximate surface area is 312 Å². The average Bonchev–Trinajstić information content (AvgIpc) is 3.75. The van der Waals surface area contributed by atoms with Crippen LogP contribution in [0.25, 0.3) is 22.2 Å². The van der Waals surface area contributed by atoms with Crippen LogP contribution < -0.4 is 9.46 Å². The molecule has 4 heterocycles. The van der Waals surface area contributed by atoms with Crippen molar-refractivity contribution in [3.8, 4) is 17.0 Å². The molecule has 13 heteroatoms. The number of nitrogens with zero attached hydrogens (tertiary/aromatic N) is 4. The molecule has 3 unspecified atom stereocenters. The van der Waals surface area contributed by atoms with E-state index in [1.165, 1.54) is 26.1 Å². The fourth-order valence-corrected chi connectivity index (χ4v) is 9.64. The number of nitrogens with one attached hydrogen (secondary N) is 1. The van der Waals surface area contributed by atoms with E-state index in [9.17, 15) is 22.8 Å². The monoisotopic (exact) mass is 747 g/mol. The van der Waals surface area contributed by atoms with Gasteiger partial charge < -0.3 is 23.8 Å². The second kappa shape index (κ2) is 13.6. The Morgan fingerprint density at radius 1 is 0.925 bits per heavy atom. The summed E-state index contributed by atoms with van der Waals surface area (Å²) in [4.78, 5) is 45.0. The molecule has 3 fully saturated rings. The second-order valence-corrected chi connectivity index (χ2v) is 18.9. The molecule has 1 aromatic heterocycles. The molecule has 0 bridgehead atoms. The average molecular weight is 748 g/mol. The summed E-state index contributed by atoms with van der Waals surface area (Å²) in [5, 5.41) is 1.02. The predicted octanol–water partition coefficient (Wildman–Crippen LogP) is 5.79. The van der Waals surface area contributed by atoms with Crippen LogP contribution in [0, 0.1) is 17.3 Å². The van der Waals surface area contributed by atoms with E-state index in [1.54, 1.807) is 24.1 Å². The van der Waals surface area contributed by atoms with Gasteiger partial charge in [-0.05, 0) is 94.3 Å². The van der Waals surface area contributed by atoms with Crippen molar-refractivity contribution in [1.82, 2.24) is 23.4 Å². The molecule has 3 aromatic rings. The summed E-state index contributed by atoms with van der Waals surface area (Å²) < 4.78 is 42.0. The van der Waals surface area contributed by atoms with Gasteiger partial charge in [-0.1, -0.05) is 25.3 Å². The van der Waals surface area contributed by atoms with Crippen LogP contribution in [0.5, 0.6) is 5.75 Å². The number of benzene rings is 2. The molecule has 1 aliphatic carbocycles. The van der Waals surface area contributed by atoms with E-state index in [2.05, 4.69) is 21.4 Å². The molecule has 2 aromatic carbocycles. The number of carbonyl (C=O) groups is 3. The lowest BCUT2D eigenvalue weighted by Gasteiger charge is -2.33. The molecular weight excluding hydrogens is 695 g/mol. The molecule has 3 atom stereocenters. The van der Waals surface area contributed by atoms with Gasteiger partial charge in [-0.25, -0.2) is 9.52 Å². The summed E-state index contributed by atoms with van der Waals surface area (Å²) >= 11 is 0. The van der Waals surface area contributed by atoms with E-state index in [0.717, 1.165) is 63.5 Å². The molecular formula is C40H53N5O7S. The molecule has 3 amide bonds. The molecule has 7 rings (SSSR count). The number of hydrogen-bond donors (Lipinski definition) is 1. The molecule has 1 saturated carbocycles. The number of hydrogen-bond acceptors (Lipinski definition) is 7. The van der Waals surface area contributed by atoms with Gasteiger partial charge in [-0.3, -0.25) is 9.59 Å². The van der Waals surface area contributed by atoms with E-state index in [1.807, 2.05) is 44.7 Å². The fourth-order valence-electron chi connectivity index (χ4n) is 9.10. The predicted molar refractivity (Wildman–Crippen MR) is 203 cm³/mol. The number of carbonyl (C=O) groups excluding carboxylic acids is 3.